The molecular weight excluding hydrogens is 176 g/mol. The summed E-state index contributed by atoms with van der Waals surface area (Å²) < 4.78 is 5.19. The monoisotopic (exact) mass is 196 g/mol. The van der Waals surface area contributed by atoms with E-state index in [4.69, 9.17) is 4.74 Å². The average molecular weight is 196 g/mol. The van der Waals surface area contributed by atoms with Gasteiger partial charge in [-0.1, -0.05) is 18.9 Å². The molecule has 2 atom stereocenters. The van der Waals surface area contributed by atoms with Gasteiger partial charge in [0.15, 0.2) is 0 Å². The summed E-state index contributed by atoms with van der Waals surface area (Å²) in [5.74, 6) is 0.655. The number of carbonyl (C=O) groups is 1. The van der Waals surface area contributed by atoms with Gasteiger partial charge in [0.1, 0.15) is 6.61 Å². The van der Waals surface area contributed by atoms with Crippen LogP contribution in [0.15, 0.2) is 11.6 Å². The van der Waals surface area contributed by atoms with Crippen LogP contribution in [0.4, 0.5) is 0 Å². The van der Waals surface area contributed by atoms with Gasteiger partial charge >= 0.3 is 5.97 Å². The van der Waals surface area contributed by atoms with E-state index in [1.165, 1.54) is 18.4 Å². The summed E-state index contributed by atoms with van der Waals surface area (Å²) in [5, 5.41) is 0. The molecule has 0 radical (unpaired) electrons. The predicted octanol–water partition coefficient (Wildman–Crippen LogP) is 2.93. The Morgan fingerprint density at radius 3 is 2.64 bits per heavy atom. The summed E-state index contributed by atoms with van der Waals surface area (Å²) in [6.07, 6.45) is 5.29. The van der Waals surface area contributed by atoms with E-state index >= 15 is 0 Å². The van der Waals surface area contributed by atoms with Crippen molar-refractivity contribution in [3.63, 3.8) is 0 Å². The van der Waals surface area contributed by atoms with E-state index in [2.05, 4.69) is 6.92 Å². The number of ether oxygens (including phenoxy) is 1. The molecule has 80 valence electrons. The minimum atomic E-state index is -0.00694. The van der Waals surface area contributed by atoms with Crippen molar-refractivity contribution in [3.8, 4) is 0 Å². The first-order valence-corrected chi connectivity index (χ1v) is 5.41. The van der Waals surface area contributed by atoms with Gasteiger partial charge in [-0.15, -0.1) is 0 Å². The Morgan fingerprint density at radius 1 is 1.43 bits per heavy atom. The highest BCUT2D eigenvalue weighted by Gasteiger charge is 2.30. The van der Waals surface area contributed by atoms with Crippen LogP contribution in [0, 0.1) is 11.8 Å². The van der Waals surface area contributed by atoms with Crippen molar-refractivity contribution in [2.75, 3.05) is 6.61 Å². The standard InChI is InChI=1S/C12H20O2/c1-9(2)7-8-14-12(13)11-6-4-5-10(11)3/h7,10-11H,4-6,8H2,1-3H3. The number of rotatable bonds is 3. The maximum atomic E-state index is 11.6. The van der Waals surface area contributed by atoms with E-state index in [0.29, 0.717) is 12.5 Å². The number of hydrogen-bond donors (Lipinski definition) is 0. The van der Waals surface area contributed by atoms with E-state index in [-0.39, 0.29) is 11.9 Å². The SMILES string of the molecule is CC(C)=CCOC(=O)C1CCCC1C. The van der Waals surface area contributed by atoms with Gasteiger partial charge in [-0.25, -0.2) is 0 Å². The topological polar surface area (TPSA) is 26.3 Å². The molecule has 1 fully saturated rings. The molecule has 0 aromatic rings. The molecule has 1 aliphatic rings. The van der Waals surface area contributed by atoms with Crippen LogP contribution in [-0.4, -0.2) is 12.6 Å². The number of allylic oxidation sites excluding steroid dienone is 1. The Balaban J connectivity index is 2.31. The van der Waals surface area contributed by atoms with Gasteiger partial charge in [-0.3, -0.25) is 4.79 Å². The van der Waals surface area contributed by atoms with Crippen molar-refractivity contribution in [1.82, 2.24) is 0 Å². The maximum absolute atomic E-state index is 11.6. The molecule has 1 aliphatic carbocycles. The average Bonchev–Trinajstić information content (AvgIpc) is 2.50. The van der Waals surface area contributed by atoms with Crippen molar-refractivity contribution in [2.24, 2.45) is 11.8 Å². The summed E-state index contributed by atoms with van der Waals surface area (Å²) in [5.41, 5.74) is 1.19. The lowest BCUT2D eigenvalue weighted by Gasteiger charge is -2.13. The molecule has 0 amide bonds. The van der Waals surface area contributed by atoms with Gasteiger partial charge in [-0.2, -0.15) is 0 Å². The van der Waals surface area contributed by atoms with Gasteiger partial charge < -0.3 is 4.74 Å². The largest absolute Gasteiger partial charge is 0.461 e. The lowest BCUT2D eigenvalue weighted by molar-refractivity contribution is -0.148. The summed E-state index contributed by atoms with van der Waals surface area (Å²) in [6, 6.07) is 0. The Labute approximate surface area is 86.3 Å². The van der Waals surface area contributed by atoms with Crippen molar-refractivity contribution in [2.45, 2.75) is 40.0 Å². The Kier molecular flexibility index (Phi) is 4.18. The second kappa shape index (κ2) is 5.18. The third kappa shape index (κ3) is 3.17. The Hall–Kier alpha value is -0.790. The second-order valence-corrected chi connectivity index (χ2v) is 4.43. The fourth-order valence-corrected chi connectivity index (χ4v) is 1.89. The molecule has 0 spiro atoms. The lowest BCUT2D eigenvalue weighted by Crippen LogP contribution is -2.19. The lowest BCUT2D eigenvalue weighted by atomic mass is 9.99. The molecular formula is C12H20O2. The van der Waals surface area contributed by atoms with Gasteiger partial charge in [-0.05, 0) is 38.7 Å². The van der Waals surface area contributed by atoms with E-state index in [1.807, 2.05) is 19.9 Å². The third-order valence-electron chi connectivity index (χ3n) is 2.88. The molecule has 14 heavy (non-hydrogen) atoms. The van der Waals surface area contributed by atoms with Crippen LogP contribution < -0.4 is 0 Å². The highest BCUT2D eigenvalue weighted by Crippen LogP contribution is 2.31. The smallest absolute Gasteiger partial charge is 0.309 e. The molecule has 2 nitrogen and oxygen atoms in total. The fraction of sp³-hybridized carbons (Fsp3) is 0.750. The summed E-state index contributed by atoms with van der Waals surface area (Å²) in [4.78, 5) is 11.6. The minimum absolute atomic E-state index is 0.00694. The molecule has 0 aliphatic heterocycles. The van der Waals surface area contributed by atoms with Crippen LogP contribution in [0.2, 0.25) is 0 Å². The first kappa shape index (κ1) is 11.3. The highest BCUT2D eigenvalue weighted by atomic mass is 16.5. The second-order valence-electron chi connectivity index (χ2n) is 4.43. The molecule has 1 rings (SSSR count). The van der Waals surface area contributed by atoms with Gasteiger partial charge in [0, 0.05) is 0 Å². The van der Waals surface area contributed by atoms with E-state index in [1.54, 1.807) is 0 Å². The number of esters is 1. The minimum Gasteiger partial charge on any atom is -0.461 e. The predicted molar refractivity (Wildman–Crippen MR) is 56.9 cm³/mol. The van der Waals surface area contributed by atoms with Crippen molar-refractivity contribution in [1.29, 1.82) is 0 Å². The summed E-state index contributed by atoms with van der Waals surface area (Å²) in [7, 11) is 0. The van der Waals surface area contributed by atoms with Crippen molar-refractivity contribution >= 4 is 5.97 Å². The molecule has 0 saturated heterocycles. The Bertz CT molecular complexity index is 226. The zero-order valence-corrected chi connectivity index (χ0v) is 9.38. The first-order valence-electron chi connectivity index (χ1n) is 5.41. The fourth-order valence-electron chi connectivity index (χ4n) is 1.89. The van der Waals surface area contributed by atoms with Gasteiger partial charge in [0.05, 0.1) is 5.92 Å². The molecule has 2 unspecified atom stereocenters. The van der Waals surface area contributed by atoms with E-state index in [9.17, 15) is 4.79 Å². The van der Waals surface area contributed by atoms with Crippen LogP contribution in [0.1, 0.15) is 40.0 Å². The normalized spacial score (nSPS) is 25.9. The van der Waals surface area contributed by atoms with E-state index < -0.39 is 0 Å². The molecule has 0 aromatic heterocycles. The molecule has 0 N–H and O–H groups in total. The van der Waals surface area contributed by atoms with Gasteiger partial charge in [0.25, 0.3) is 0 Å². The molecule has 1 saturated carbocycles. The molecule has 0 aromatic carbocycles. The zero-order chi connectivity index (χ0) is 10.6. The number of hydrogen-bond acceptors (Lipinski definition) is 2. The summed E-state index contributed by atoms with van der Waals surface area (Å²) >= 11 is 0. The van der Waals surface area contributed by atoms with Crippen molar-refractivity contribution < 1.29 is 9.53 Å². The quantitative estimate of drug-likeness (QED) is 0.512. The van der Waals surface area contributed by atoms with Gasteiger partial charge in [0.2, 0.25) is 0 Å². The molecule has 0 bridgehead atoms. The first-order chi connectivity index (χ1) is 6.61. The van der Waals surface area contributed by atoms with Crippen LogP contribution in [0.5, 0.6) is 0 Å². The maximum Gasteiger partial charge on any atom is 0.309 e. The summed E-state index contributed by atoms with van der Waals surface area (Å²) in [6.45, 7) is 6.59. The molecule has 2 heteroatoms. The highest BCUT2D eigenvalue weighted by molar-refractivity contribution is 5.73. The number of carbonyl (C=O) groups excluding carboxylic acids is 1. The van der Waals surface area contributed by atoms with Crippen molar-refractivity contribution in [3.05, 3.63) is 11.6 Å². The molecule has 0 heterocycles. The van der Waals surface area contributed by atoms with Crippen LogP contribution in [0.3, 0.4) is 0 Å². The Morgan fingerprint density at radius 2 is 2.14 bits per heavy atom. The zero-order valence-electron chi connectivity index (χ0n) is 9.38. The van der Waals surface area contributed by atoms with Crippen LogP contribution >= 0.6 is 0 Å². The third-order valence-corrected chi connectivity index (χ3v) is 2.88. The van der Waals surface area contributed by atoms with Crippen LogP contribution in [-0.2, 0) is 9.53 Å². The van der Waals surface area contributed by atoms with E-state index in [0.717, 1.165) is 6.42 Å². The van der Waals surface area contributed by atoms with Crippen LogP contribution in [0.25, 0.3) is 0 Å².